The van der Waals surface area contributed by atoms with E-state index in [-0.39, 0.29) is 0 Å². The van der Waals surface area contributed by atoms with Crippen LogP contribution in [0.25, 0.3) is 0 Å². The Hall–Kier alpha value is 0.177. The minimum atomic E-state index is -0.688. The zero-order valence-corrected chi connectivity index (χ0v) is 6.43. The van der Waals surface area contributed by atoms with Gasteiger partial charge in [0.25, 0.3) is 0 Å². The molecule has 2 heteroatoms. The molecule has 0 radical (unpaired) electrons. The van der Waals surface area contributed by atoms with E-state index in [0.29, 0.717) is 0 Å². The number of hydrogen-bond acceptors (Lipinski definition) is 1. The van der Waals surface area contributed by atoms with Gasteiger partial charge in [0.05, 0.1) is 0 Å². The fourth-order valence-corrected chi connectivity index (χ4v) is 1.58. The van der Waals surface area contributed by atoms with Crippen LogP contribution in [0.15, 0.2) is 0 Å². The zero-order chi connectivity index (χ0) is 5.70. The molecule has 0 heterocycles. The maximum absolute atomic E-state index is 5.62. The van der Waals surface area contributed by atoms with Crippen molar-refractivity contribution in [3.8, 4) is 0 Å². The second-order valence-electron chi connectivity index (χ2n) is 2.12. The average molecular weight is 117 g/mol. The van der Waals surface area contributed by atoms with Crippen molar-refractivity contribution in [1.29, 1.82) is 0 Å². The molecule has 0 aromatic rings. The molecule has 0 spiro atoms. The van der Waals surface area contributed by atoms with E-state index < -0.39 is 8.96 Å². The molecule has 0 aliphatic rings. The smallest absolute Gasteiger partial charge is 0.103 e. The fourth-order valence-electron chi connectivity index (χ4n) is 0.526. The normalized spacial score (nSPS) is 14.1. The highest BCUT2D eigenvalue weighted by Crippen LogP contribution is 1.94. The Kier molecular flexibility index (Phi) is 4.45. The summed E-state index contributed by atoms with van der Waals surface area (Å²) in [6, 6.07) is 1.32. The molecule has 44 valence electrons. The molecule has 0 aromatic heterocycles. The predicted molar refractivity (Wildman–Crippen MR) is 36.9 cm³/mol. The van der Waals surface area contributed by atoms with E-state index in [0.717, 1.165) is 0 Å². The van der Waals surface area contributed by atoms with Crippen molar-refractivity contribution in [3.05, 3.63) is 0 Å². The minimum Gasteiger partial charge on any atom is -0.353 e. The van der Waals surface area contributed by atoms with Crippen LogP contribution in [0.3, 0.4) is 0 Å². The molecule has 2 N–H and O–H groups in total. The van der Waals surface area contributed by atoms with Crippen LogP contribution in [-0.2, 0) is 0 Å². The van der Waals surface area contributed by atoms with Gasteiger partial charge in [-0.05, 0) is 6.04 Å². The lowest BCUT2D eigenvalue weighted by Gasteiger charge is -1.97. The van der Waals surface area contributed by atoms with Gasteiger partial charge in [-0.3, -0.25) is 0 Å². The Labute approximate surface area is 47.6 Å². The second kappa shape index (κ2) is 4.34. The molecule has 0 aromatic carbocycles. The van der Waals surface area contributed by atoms with Crippen LogP contribution in [0.1, 0.15) is 19.8 Å². The highest BCUT2D eigenvalue weighted by Gasteiger charge is 1.91. The first-order valence-corrected chi connectivity index (χ1v) is 5.66. The van der Waals surface area contributed by atoms with Crippen molar-refractivity contribution in [3.63, 3.8) is 0 Å². The Morgan fingerprint density at radius 2 is 2.14 bits per heavy atom. The van der Waals surface area contributed by atoms with Crippen molar-refractivity contribution >= 4 is 8.96 Å². The molecule has 0 bridgehead atoms. The van der Waals surface area contributed by atoms with Gasteiger partial charge in [-0.2, -0.15) is 0 Å². The van der Waals surface area contributed by atoms with Gasteiger partial charge in [-0.15, -0.1) is 0 Å². The molecule has 0 saturated heterocycles. The zero-order valence-electron chi connectivity index (χ0n) is 5.28. The van der Waals surface area contributed by atoms with Gasteiger partial charge < -0.3 is 5.40 Å². The highest BCUT2D eigenvalue weighted by molar-refractivity contribution is 6.53. The molecular weight excluding hydrogens is 102 g/mol. The van der Waals surface area contributed by atoms with E-state index >= 15 is 0 Å². The third kappa shape index (κ3) is 6.18. The van der Waals surface area contributed by atoms with Crippen LogP contribution < -0.4 is 5.40 Å². The summed E-state index contributed by atoms with van der Waals surface area (Å²) in [5.74, 6) is 0. The van der Waals surface area contributed by atoms with E-state index in [1.165, 1.54) is 18.9 Å². The van der Waals surface area contributed by atoms with Gasteiger partial charge in [0.15, 0.2) is 0 Å². The number of rotatable bonds is 3. The molecule has 1 unspecified atom stereocenters. The number of nitrogens with two attached hydrogens (primary N) is 1. The fraction of sp³-hybridized carbons (Fsp3) is 1.00. The molecule has 0 aliphatic heterocycles. The molecule has 1 atom stereocenters. The number of hydrogen-bond donors (Lipinski definition) is 1. The van der Waals surface area contributed by atoms with E-state index in [2.05, 4.69) is 13.5 Å². The first kappa shape index (κ1) is 7.18. The van der Waals surface area contributed by atoms with Gasteiger partial charge in [-0.25, -0.2) is 0 Å². The van der Waals surface area contributed by atoms with Crippen molar-refractivity contribution in [2.45, 2.75) is 32.4 Å². The summed E-state index contributed by atoms with van der Waals surface area (Å²) in [5.41, 5.74) is 0. The third-order valence-electron chi connectivity index (χ3n) is 1.01. The highest BCUT2D eigenvalue weighted by atomic mass is 28.3. The topological polar surface area (TPSA) is 26.0 Å². The van der Waals surface area contributed by atoms with Crippen LogP contribution in [-0.4, -0.2) is 8.96 Å². The summed E-state index contributed by atoms with van der Waals surface area (Å²) < 4.78 is 0. The SMILES string of the molecule is CCCC[SiH](C)N. The summed E-state index contributed by atoms with van der Waals surface area (Å²) in [5, 5.41) is 5.62. The van der Waals surface area contributed by atoms with Gasteiger partial charge in [-0.1, -0.05) is 26.3 Å². The van der Waals surface area contributed by atoms with Crippen molar-refractivity contribution in [1.82, 2.24) is 0 Å². The summed E-state index contributed by atoms with van der Waals surface area (Å²) in [7, 11) is -0.688. The standard InChI is InChI=1S/C5H15NSi/c1-3-4-5-7(2)6/h7H,3-6H2,1-2H3. The van der Waals surface area contributed by atoms with Crippen molar-refractivity contribution in [2.75, 3.05) is 0 Å². The average Bonchev–Trinajstić information content (AvgIpc) is 1.61. The first-order chi connectivity index (χ1) is 3.27. The lowest BCUT2D eigenvalue weighted by molar-refractivity contribution is 0.873. The van der Waals surface area contributed by atoms with Crippen molar-refractivity contribution < 1.29 is 0 Å². The molecule has 1 nitrogen and oxygen atoms in total. The second-order valence-corrected chi connectivity index (χ2v) is 4.65. The van der Waals surface area contributed by atoms with Crippen LogP contribution >= 0.6 is 0 Å². The lowest BCUT2D eigenvalue weighted by Crippen LogP contribution is -2.19. The molecule has 0 rings (SSSR count). The lowest BCUT2D eigenvalue weighted by atomic mass is 10.4. The van der Waals surface area contributed by atoms with E-state index in [1.807, 2.05) is 0 Å². The van der Waals surface area contributed by atoms with Gasteiger partial charge >= 0.3 is 0 Å². The summed E-state index contributed by atoms with van der Waals surface area (Å²) >= 11 is 0. The molecule has 0 saturated carbocycles. The van der Waals surface area contributed by atoms with Gasteiger partial charge in [0.2, 0.25) is 0 Å². The Morgan fingerprint density at radius 1 is 1.57 bits per heavy atom. The Balaban J connectivity index is 2.68. The van der Waals surface area contributed by atoms with Gasteiger partial charge in [0, 0.05) is 0 Å². The van der Waals surface area contributed by atoms with Crippen LogP contribution in [0.2, 0.25) is 12.6 Å². The summed E-state index contributed by atoms with van der Waals surface area (Å²) in [6.07, 6.45) is 2.64. The Bertz CT molecular complexity index is 37.1. The molecule has 0 aliphatic carbocycles. The minimum absolute atomic E-state index is 0.688. The molecule has 7 heavy (non-hydrogen) atoms. The van der Waals surface area contributed by atoms with Crippen LogP contribution in [0.4, 0.5) is 0 Å². The summed E-state index contributed by atoms with van der Waals surface area (Å²) in [4.78, 5) is 0. The molecular formula is C5H15NSi. The summed E-state index contributed by atoms with van der Waals surface area (Å²) in [6.45, 7) is 4.40. The maximum atomic E-state index is 5.62. The van der Waals surface area contributed by atoms with E-state index in [4.69, 9.17) is 5.40 Å². The third-order valence-corrected chi connectivity index (χ3v) is 2.33. The maximum Gasteiger partial charge on any atom is 0.103 e. The Morgan fingerprint density at radius 3 is 2.29 bits per heavy atom. The van der Waals surface area contributed by atoms with Crippen LogP contribution in [0, 0.1) is 0 Å². The monoisotopic (exact) mass is 117 g/mol. The largest absolute Gasteiger partial charge is 0.353 e. The van der Waals surface area contributed by atoms with E-state index in [9.17, 15) is 0 Å². The van der Waals surface area contributed by atoms with Crippen LogP contribution in [0.5, 0.6) is 0 Å². The van der Waals surface area contributed by atoms with E-state index in [1.54, 1.807) is 0 Å². The predicted octanol–water partition coefficient (Wildman–Crippen LogP) is 1.10. The van der Waals surface area contributed by atoms with Gasteiger partial charge in [0.1, 0.15) is 8.96 Å². The molecule has 0 fully saturated rings. The van der Waals surface area contributed by atoms with Crippen molar-refractivity contribution in [2.24, 2.45) is 5.40 Å². The number of unbranched alkanes of at least 4 members (excludes halogenated alkanes) is 1. The molecule has 0 amide bonds. The quantitative estimate of drug-likeness (QED) is 0.550. The first-order valence-electron chi connectivity index (χ1n) is 3.03.